The van der Waals surface area contributed by atoms with Gasteiger partial charge < -0.3 is 4.74 Å². The zero-order chi connectivity index (χ0) is 33.5. The van der Waals surface area contributed by atoms with Crippen molar-refractivity contribution in [2.75, 3.05) is 6.61 Å². The summed E-state index contributed by atoms with van der Waals surface area (Å²) >= 11 is 0. The van der Waals surface area contributed by atoms with Gasteiger partial charge in [-0.1, -0.05) is 0 Å². The minimum absolute atomic E-state index is 0.533. The molecule has 0 aromatic rings. The number of hydrogen-bond acceptors (Lipinski definition) is 1. The van der Waals surface area contributed by atoms with Crippen LogP contribution in [-0.4, -0.2) is 84.3 Å². The molecular weight excluding hydrogens is 664 g/mol. The first kappa shape index (κ1) is 37.3. The summed E-state index contributed by atoms with van der Waals surface area (Å²) in [7, 11) is 0. The number of hydrogen-bond donors (Lipinski definition) is 0. The fourth-order valence-electron chi connectivity index (χ4n) is 2.69. The fourth-order valence-corrected chi connectivity index (χ4v) is 2.69. The molecule has 0 bridgehead atoms. The lowest BCUT2D eigenvalue weighted by atomic mass is 9.84. The van der Waals surface area contributed by atoms with Crippen LogP contribution in [-0.2, 0) is 4.74 Å². The van der Waals surface area contributed by atoms with Crippen LogP contribution in [0.3, 0.4) is 0 Å². The lowest BCUT2D eigenvalue weighted by molar-refractivity contribution is -0.476. The lowest BCUT2D eigenvalue weighted by Gasteiger charge is -2.45. The largest absolute Gasteiger partial charge is 0.385 e. The predicted molar refractivity (Wildman–Crippen MR) is 79.4 cm³/mol. The van der Waals surface area contributed by atoms with E-state index in [2.05, 4.69) is 4.74 Å². The number of epoxide rings is 1. The van der Waals surface area contributed by atoms with Crippen molar-refractivity contribution in [1.29, 1.82) is 0 Å². The highest BCUT2D eigenvalue weighted by atomic mass is 19.4. The Morgan fingerprint density at radius 2 is 0.683 bits per heavy atom. The monoisotopic (exact) mass is 672 g/mol. The molecule has 1 saturated heterocycles. The molecule has 25 heteroatoms. The predicted octanol–water partition coefficient (Wildman–Crippen LogP) is 8.42. The number of halogens is 24. The van der Waals surface area contributed by atoms with Crippen molar-refractivity contribution >= 4 is 0 Å². The van der Waals surface area contributed by atoms with E-state index in [0.29, 0.717) is 0 Å². The van der Waals surface area contributed by atoms with Crippen molar-refractivity contribution in [2.45, 2.75) is 90.5 Å². The van der Waals surface area contributed by atoms with E-state index in [1.54, 1.807) is 0 Å². The van der Waals surface area contributed by atoms with Crippen LogP contribution in [0.1, 0.15) is 12.8 Å². The van der Waals surface area contributed by atoms with Crippen LogP contribution < -0.4 is 0 Å². The average molecular weight is 672 g/mol. The van der Waals surface area contributed by atoms with Crippen molar-refractivity contribution in [3.05, 3.63) is 0 Å². The molecule has 1 unspecified atom stereocenters. The van der Waals surface area contributed by atoms with E-state index in [-0.39, 0.29) is 0 Å². The molecule has 1 heterocycles. The Labute approximate surface area is 208 Å². The van der Waals surface area contributed by atoms with E-state index in [9.17, 15) is 105 Å². The maximum absolute atomic E-state index is 13.7. The molecule has 0 N–H and O–H groups in total. The zero-order valence-corrected chi connectivity index (χ0v) is 18.3. The Balaban J connectivity index is 3.74. The van der Waals surface area contributed by atoms with E-state index >= 15 is 0 Å². The molecule has 0 saturated carbocycles. The van der Waals surface area contributed by atoms with Crippen LogP contribution in [0.25, 0.3) is 0 Å². The van der Waals surface area contributed by atoms with E-state index in [0.717, 1.165) is 0 Å². The lowest BCUT2D eigenvalue weighted by Crippen LogP contribution is -2.78. The summed E-state index contributed by atoms with van der Waals surface area (Å²) in [5.41, 5.74) is 0. The minimum Gasteiger partial charge on any atom is -0.373 e. The number of rotatable bonds is 14. The third kappa shape index (κ3) is 4.72. The molecule has 0 radical (unpaired) electrons. The smallest absolute Gasteiger partial charge is 0.373 e. The van der Waals surface area contributed by atoms with Gasteiger partial charge in [0.05, 0.1) is 12.7 Å². The summed E-state index contributed by atoms with van der Waals surface area (Å²) in [5, 5.41) is 0. The third-order valence-corrected chi connectivity index (χ3v) is 5.49. The standard InChI is InChI=1S/C16H8F24O/c17-5(18)7(21,22)9(25,26)11(29,30)13(33,34)15(37,38)16(39,40)14(35,36)12(31,32)10(27,28)8(23,24)6(19,20)2-1-4-3-41-4/h4-5H,1-3H2. The molecule has 0 aromatic heterocycles. The summed E-state index contributed by atoms with van der Waals surface area (Å²) in [6, 6.07) is 0. The second kappa shape index (κ2) is 9.64. The molecule has 0 spiro atoms. The SMILES string of the molecule is FC(F)C(F)(F)C(F)(F)C(F)(F)C(F)(F)C(F)(F)C(F)(F)C(F)(F)C(F)(F)C(F)(F)C(F)(F)C(F)(F)CCC1CO1. The topological polar surface area (TPSA) is 12.5 Å². The first-order valence-electron chi connectivity index (χ1n) is 9.58. The van der Waals surface area contributed by atoms with Gasteiger partial charge in [-0.05, 0) is 6.42 Å². The molecule has 1 nitrogen and oxygen atoms in total. The second-order valence-corrected chi connectivity index (χ2v) is 8.29. The van der Waals surface area contributed by atoms with Gasteiger partial charge in [0.15, 0.2) is 0 Å². The first-order chi connectivity index (χ1) is 17.5. The first-order valence-corrected chi connectivity index (χ1v) is 9.58. The van der Waals surface area contributed by atoms with Gasteiger partial charge in [-0.15, -0.1) is 0 Å². The van der Waals surface area contributed by atoms with Gasteiger partial charge in [0.1, 0.15) is 0 Å². The molecule has 1 rings (SSSR count). The van der Waals surface area contributed by atoms with Crippen LogP contribution in [0, 0.1) is 0 Å². The van der Waals surface area contributed by atoms with Crippen LogP contribution in [0.15, 0.2) is 0 Å². The van der Waals surface area contributed by atoms with Gasteiger partial charge in [-0.25, -0.2) is 8.78 Å². The molecule has 1 atom stereocenters. The van der Waals surface area contributed by atoms with E-state index < -0.39 is 97.1 Å². The maximum Gasteiger partial charge on any atom is 0.385 e. The molecule has 0 aromatic carbocycles. The normalized spacial score (nSPS) is 19.7. The highest BCUT2D eigenvalue weighted by Crippen LogP contribution is 2.67. The highest BCUT2D eigenvalue weighted by Gasteiger charge is 2.98. The molecule has 1 aliphatic rings. The quantitative estimate of drug-likeness (QED) is 0.133. The number of alkyl halides is 24. The van der Waals surface area contributed by atoms with Crippen LogP contribution >= 0.6 is 0 Å². The Morgan fingerprint density at radius 3 is 0.927 bits per heavy atom. The van der Waals surface area contributed by atoms with Gasteiger partial charge in [-0.3, -0.25) is 0 Å². The van der Waals surface area contributed by atoms with Gasteiger partial charge in [0.2, 0.25) is 0 Å². The summed E-state index contributed by atoms with van der Waals surface area (Å²) in [6.07, 6.45) is -11.8. The third-order valence-electron chi connectivity index (χ3n) is 5.49. The molecule has 246 valence electrons. The Morgan fingerprint density at radius 1 is 0.439 bits per heavy atom. The molecule has 0 aliphatic carbocycles. The minimum atomic E-state index is -9.44. The van der Waals surface area contributed by atoms with Crippen molar-refractivity contribution in [3.8, 4) is 0 Å². The van der Waals surface area contributed by atoms with Crippen LogP contribution in [0.4, 0.5) is 105 Å². The average Bonchev–Trinajstić information content (AvgIpc) is 3.60. The van der Waals surface area contributed by atoms with Crippen LogP contribution in [0.5, 0.6) is 0 Å². The summed E-state index contributed by atoms with van der Waals surface area (Å²) in [6.45, 7) is -0.533. The van der Waals surface area contributed by atoms with E-state index in [1.165, 1.54) is 0 Å². The van der Waals surface area contributed by atoms with Gasteiger partial charge in [0, 0.05) is 6.42 Å². The maximum atomic E-state index is 13.7. The molecule has 1 fully saturated rings. The zero-order valence-electron chi connectivity index (χ0n) is 18.3. The summed E-state index contributed by atoms with van der Waals surface area (Å²) in [4.78, 5) is 0. The molecular formula is C16H8F24O. The van der Waals surface area contributed by atoms with Gasteiger partial charge in [0.25, 0.3) is 0 Å². The van der Waals surface area contributed by atoms with Gasteiger partial charge >= 0.3 is 71.6 Å². The second-order valence-electron chi connectivity index (χ2n) is 8.29. The molecule has 41 heavy (non-hydrogen) atoms. The van der Waals surface area contributed by atoms with E-state index in [1.807, 2.05) is 0 Å². The fraction of sp³-hybridized carbons (Fsp3) is 1.00. The van der Waals surface area contributed by atoms with Crippen molar-refractivity contribution in [1.82, 2.24) is 0 Å². The van der Waals surface area contributed by atoms with Crippen molar-refractivity contribution in [2.24, 2.45) is 0 Å². The van der Waals surface area contributed by atoms with Crippen LogP contribution in [0.2, 0.25) is 0 Å². The summed E-state index contributed by atoms with van der Waals surface area (Å²) < 4.78 is 324. The van der Waals surface area contributed by atoms with Crippen molar-refractivity contribution in [3.63, 3.8) is 0 Å². The van der Waals surface area contributed by atoms with E-state index in [4.69, 9.17) is 0 Å². The Hall–Kier alpha value is -1.72. The van der Waals surface area contributed by atoms with Gasteiger partial charge in [-0.2, -0.15) is 96.6 Å². The Bertz CT molecular complexity index is 945. The molecule has 0 amide bonds. The number of ether oxygens (including phenoxy) is 1. The Kier molecular flexibility index (Phi) is 8.77. The highest BCUT2D eigenvalue weighted by molar-refractivity contribution is 5.19. The molecule has 1 aliphatic heterocycles. The summed E-state index contributed by atoms with van der Waals surface area (Å²) in [5.74, 6) is -95.7. The van der Waals surface area contributed by atoms with Crippen molar-refractivity contribution < 1.29 is 110 Å².